The maximum absolute atomic E-state index is 11.2. The van der Waals surface area contributed by atoms with Crippen molar-refractivity contribution in [3.8, 4) is 0 Å². The molecule has 0 aliphatic carbocycles. The zero-order chi connectivity index (χ0) is 9.26. The van der Waals surface area contributed by atoms with Gasteiger partial charge in [0.1, 0.15) is 0 Å². The van der Waals surface area contributed by atoms with Crippen LogP contribution in [0.25, 0.3) is 0 Å². The lowest BCUT2D eigenvalue weighted by Gasteiger charge is -2.29. The highest BCUT2D eigenvalue weighted by Gasteiger charge is 2.21. The number of aromatic amines is 1. The minimum absolute atomic E-state index is 0.0984. The summed E-state index contributed by atoms with van der Waals surface area (Å²) in [6.45, 7) is 2.78. The highest BCUT2D eigenvalue weighted by Crippen LogP contribution is 2.11. The normalized spacial score (nSPS) is 24.8. The van der Waals surface area contributed by atoms with Crippen molar-refractivity contribution in [2.24, 2.45) is 0 Å². The molecule has 1 fully saturated rings. The molecule has 0 radical (unpaired) electrons. The zero-order valence-electron chi connectivity index (χ0n) is 7.54. The van der Waals surface area contributed by atoms with Crippen LogP contribution in [0.1, 0.15) is 11.6 Å². The summed E-state index contributed by atoms with van der Waals surface area (Å²) in [6.07, 6.45) is 1.62. The molecule has 5 heteroatoms. The molecule has 72 valence electrons. The predicted molar refractivity (Wildman–Crippen MR) is 47.6 cm³/mol. The highest BCUT2D eigenvalue weighted by molar-refractivity contribution is 5.09. The number of rotatable bonds is 1. The van der Waals surface area contributed by atoms with Gasteiger partial charge in [-0.2, -0.15) is 0 Å². The Hall–Kier alpha value is -1.07. The van der Waals surface area contributed by atoms with Gasteiger partial charge >= 0.3 is 5.63 Å². The summed E-state index contributed by atoms with van der Waals surface area (Å²) in [5, 5.41) is 5.74. The van der Waals surface area contributed by atoms with Crippen LogP contribution in [0, 0.1) is 0 Å². The van der Waals surface area contributed by atoms with E-state index in [1.54, 1.807) is 6.20 Å². The van der Waals surface area contributed by atoms with Crippen molar-refractivity contribution in [2.45, 2.75) is 6.04 Å². The molecule has 2 rings (SSSR count). The molecule has 13 heavy (non-hydrogen) atoms. The molecule has 0 saturated carbocycles. The lowest BCUT2D eigenvalue weighted by molar-refractivity contribution is 0.239. The van der Waals surface area contributed by atoms with Crippen LogP contribution in [-0.2, 0) is 0 Å². The molecule has 5 nitrogen and oxygen atoms in total. The van der Waals surface area contributed by atoms with E-state index in [0.717, 1.165) is 19.6 Å². The number of H-pyrrole nitrogens is 1. The Labute approximate surface area is 75.7 Å². The van der Waals surface area contributed by atoms with E-state index < -0.39 is 0 Å². The predicted octanol–water partition coefficient (Wildman–Crippen LogP) is -0.456. The van der Waals surface area contributed by atoms with Crippen LogP contribution in [-0.4, -0.2) is 36.7 Å². The first-order valence-corrected chi connectivity index (χ1v) is 4.36. The fourth-order valence-corrected chi connectivity index (χ4v) is 1.61. The molecular formula is C8H13N3O2. The van der Waals surface area contributed by atoms with Crippen LogP contribution in [0.5, 0.6) is 0 Å². The lowest BCUT2D eigenvalue weighted by Crippen LogP contribution is -2.44. The summed E-state index contributed by atoms with van der Waals surface area (Å²) in [5.74, 6) is 0. The Morgan fingerprint density at radius 3 is 3.15 bits per heavy atom. The van der Waals surface area contributed by atoms with Gasteiger partial charge in [-0.1, -0.05) is 0 Å². The molecule has 1 aliphatic heterocycles. The Morgan fingerprint density at radius 2 is 2.54 bits per heavy atom. The molecule has 0 spiro atoms. The van der Waals surface area contributed by atoms with Gasteiger partial charge in [0, 0.05) is 25.8 Å². The Morgan fingerprint density at radius 1 is 1.69 bits per heavy atom. The minimum Gasteiger partial charge on any atom is -0.339 e. The number of aromatic nitrogens is 1. The molecule has 1 aliphatic rings. The third kappa shape index (κ3) is 1.66. The average Bonchev–Trinajstić information content (AvgIpc) is 2.51. The molecule has 1 unspecified atom stereocenters. The molecule has 2 N–H and O–H groups in total. The Kier molecular flexibility index (Phi) is 2.20. The van der Waals surface area contributed by atoms with Gasteiger partial charge in [-0.15, -0.1) is 0 Å². The van der Waals surface area contributed by atoms with Gasteiger partial charge in [-0.05, 0) is 7.05 Å². The molecule has 1 aromatic heterocycles. The van der Waals surface area contributed by atoms with Gasteiger partial charge in [-0.25, -0.2) is 9.95 Å². The number of hydrogen-bond donors (Lipinski definition) is 2. The first kappa shape index (κ1) is 8.52. The third-order valence-corrected chi connectivity index (χ3v) is 2.36. The molecule has 1 atom stereocenters. The van der Waals surface area contributed by atoms with Crippen LogP contribution >= 0.6 is 0 Å². The van der Waals surface area contributed by atoms with E-state index in [4.69, 9.17) is 0 Å². The van der Waals surface area contributed by atoms with Crippen LogP contribution in [0.2, 0.25) is 0 Å². The second-order valence-corrected chi connectivity index (χ2v) is 3.38. The summed E-state index contributed by atoms with van der Waals surface area (Å²) < 4.78 is 4.61. The number of piperazine rings is 1. The van der Waals surface area contributed by atoms with E-state index in [-0.39, 0.29) is 11.7 Å². The van der Waals surface area contributed by atoms with Crippen LogP contribution in [0.3, 0.4) is 0 Å². The van der Waals surface area contributed by atoms with E-state index in [1.807, 2.05) is 7.05 Å². The van der Waals surface area contributed by atoms with Gasteiger partial charge in [-0.3, -0.25) is 0 Å². The minimum atomic E-state index is -0.271. The van der Waals surface area contributed by atoms with Crippen LogP contribution in [0.4, 0.5) is 0 Å². The van der Waals surface area contributed by atoms with Gasteiger partial charge in [0.25, 0.3) is 0 Å². The average molecular weight is 183 g/mol. The summed E-state index contributed by atoms with van der Waals surface area (Å²) >= 11 is 0. The number of likely N-dealkylation sites (N-methyl/N-ethyl adjacent to an activating group) is 1. The molecule has 0 bridgehead atoms. The van der Waals surface area contributed by atoms with E-state index in [0.29, 0.717) is 5.56 Å². The van der Waals surface area contributed by atoms with Gasteiger partial charge in [0.2, 0.25) is 0 Å². The van der Waals surface area contributed by atoms with Crippen molar-refractivity contribution in [3.63, 3.8) is 0 Å². The van der Waals surface area contributed by atoms with Gasteiger partial charge in [0.15, 0.2) is 0 Å². The standard InChI is InChI=1S/C8H13N3O2/c1-11-3-2-9-7(5-11)6-4-10-13-8(6)12/h4,7,9-10H,2-3,5H2,1H3. The molecule has 1 aromatic rings. The molecule has 1 saturated heterocycles. The van der Waals surface area contributed by atoms with Crippen molar-refractivity contribution in [1.29, 1.82) is 0 Å². The molecule has 0 amide bonds. The maximum Gasteiger partial charge on any atom is 0.362 e. The topological polar surface area (TPSA) is 61.3 Å². The Bertz CT molecular complexity index is 330. The van der Waals surface area contributed by atoms with E-state index >= 15 is 0 Å². The van der Waals surface area contributed by atoms with Crippen molar-refractivity contribution < 1.29 is 4.52 Å². The van der Waals surface area contributed by atoms with Crippen molar-refractivity contribution >= 4 is 0 Å². The van der Waals surface area contributed by atoms with Crippen molar-refractivity contribution in [3.05, 3.63) is 22.2 Å². The highest BCUT2D eigenvalue weighted by atomic mass is 16.5. The second-order valence-electron chi connectivity index (χ2n) is 3.38. The number of nitrogens with one attached hydrogen (secondary N) is 2. The monoisotopic (exact) mass is 183 g/mol. The number of nitrogens with zero attached hydrogens (tertiary/aromatic N) is 1. The van der Waals surface area contributed by atoms with Crippen molar-refractivity contribution in [2.75, 3.05) is 26.7 Å². The van der Waals surface area contributed by atoms with Crippen LogP contribution in [0.15, 0.2) is 15.5 Å². The summed E-state index contributed by atoms with van der Waals surface area (Å²) in [6, 6.07) is 0.0984. The quantitative estimate of drug-likeness (QED) is 0.618. The SMILES string of the molecule is CN1CCNC(c2c[nH]oc2=O)C1. The number of hydrogen-bond acceptors (Lipinski definition) is 4. The smallest absolute Gasteiger partial charge is 0.339 e. The third-order valence-electron chi connectivity index (χ3n) is 2.36. The fraction of sp³-hybridized carbons (Fsp3) is 0.625. The maximum atomic E-state index is 11.2. The van der Waals surface area contributed by atoms with E-state index in [9.17, 15) is 4.79 Å². The Balaban J connectivity index is 2.17. The second kappa shape index (κ2) is 3.35. The fourth-order valence-electron chi connectivity index (χ4n) is 1.61. The zero-order valence-corrected chi connectivity index (χ0v) is 7.54. The van der Waals surface area contributed by atoms with Crippen molar-refractivity contribution in [1.82, 2.24) is 15.4 Å². The van der Waals surface area contributed by atoms with Gasteiger partial charge in [0.05, 0.1) is 11.6 Å². The lowest BCUT2D eigenvalue weighted by atomic mass is 10.1. The summed E-state index contributed by atoms with van der Waals surface area (Å²) in [4.78, 5) is 13.4. The first-order chi connectivity index (χ1) is 6.27. The molecular weight excluding hydrogens is 170 g/mol. The summed E-state index contributed by atoms with van der Waals surface area (Å²) in [5.41, 5.74) is 0.416. The molecule has 0 aromatic carbocycles. The van der Waals surface area contributed by atoms with Crippen LogP contribution < -0.4 is 10.9 Å². The van der Waals surface area contributed by atoms with E-state index in [2.05, 4.69) is 19.9 Å². The van der Waals surface area contributed by atoms with E-state index in [1.165, 1.54) is 0 Å². The first-order valence-electron chi connectivity index (χ1n) is 4.36. The summed E-state index contributed by atoms with van der Waals surface area (Å²) in [7, 11) is 2.04. The molecule has 2 heterocycles. The largest absolute Gasteiger partial charge is 0.362 e. The van der Waals surface area contributed by atoms with Gasteiger partial charge < -0.3 is 14.7 Å².